The second kappa shape index (κ2) is 5.41. The maximum absolute atomic E-state index is 6.13. The van der Waals surface area contributed by atoms with Gasteiger partial charge in [-0.25, -0.2) is 0 Å². The van der Waals surface area contributed by atoms with E-state index < -0.39 is 0 Å². The molecular formula is C16H25NO2. The molecule has 0 saturated heterocycles. The number of rotatable bonds is 4. The van der Waals surface area contributed by atoms with E-state index in [-0.39, 0.29) is 5.41 Å². The second-order valence-corrected chi connectivity index (χ2v) is 5.64. The standard InChI is InChI=1S/C16H25NO2/c1-11-9-12(2)14(18-3)15(19-4)13(11)16(10-17)7-5-6-8-16/h9H,5-8,10,17H2,1-4H3. The Bertz CT molecular complexity index is 462. The van der Waals surface area contributed by atoms with Gasteiger partial charge in [-0.3, -0.25) is 0 Å². The first kappa shape index (κ1) is 14.2. The van der Waals surface area contributed by atoms with Gasteiger partial charge in [0.05, 0.1) is 14.2 Å². The molecule has 0 bridgehead atoms. The molecule has 0 spiro atoms. The lowest BCUT2D eigenvalue weighted by Crippen LogP contribution is -2.33. The van der Waals surface area contributed by atoms with E-state index in [1.54, 1.807) is 14.2 Å². The number of ether oxygens (including phenoxy) is 2. The lowest BCUT2D eigenvalue weighted by Gasteiger charge is -2.32. The second-order valence-electron chi connectivity index (χ2n) is 5.64. The van der Waals surface area contributed by atoms with E-state index in [1.807, 2.05) is 0 Å². The fraction of sp³-hybridized carbons (Fsp3) is 0.625. The lowest BCUT2D eigenvalue weighted by molar-refractivity contribution is 0.334. The summed E-state index contributed by atoms with van der Waals surface area (Å²) in [7, 11) is 3.42. The Hall–Kier alpha value is -1.22. The first-order valence-corrected chi connectivity index (χ1v) is 7.02. The molecule has 19 heavy (non-hydrogen) atoms. The van der Waals surface area contributed by atoms with Gasteiger partial charge < -0.3 is 15.2 Å². The van der Waals surface area contributed by atoms with Gasteiger partial charge in [0.25, 0.3) is 0 Å². The molecular weight excluding hydrogens is 238 g/mol. The number of hydrogen-bond donors (Lipinski definition) is 1. The molecule has 0 aliphatic heterocycles. The highest BCUT2D eigenvalue weighted by Gasteiger charge is 2.39. The summed E-state index contributed by atoms with van der Waals surface area (Å²) in [5, 5.41) is 0. The van der Waals surface area contributed by atoms with E-state index >= 15 is 0 Å². The minimum Gasteiger partial charge on any atom is -0.493 e. The van der Waals surface area contributed by atoms with Crippen molar-refractivity contribution >= 4 is 0 Å². The van der Waals surface area contributed by atoms with Crippen molar-refractivity contribution in [2.75, 3.05) is 20.8 Å². The summed E-state index contributed by atoms with van der Waals surface area (Å²) < 4.78 is 11.2. The first-order chi connectivity index (χ1) is 9.09. The van der Waals surface area contributed by atoms with Gasteiger partial charge in [-0.1, -0.05) is 18.9 Å². The van der Waals surface area contributed by atoms with Gasteiger partial charge >= 0.3 is 0 Å². The number of methoxy groups -OCH3 is 2. The Kier molecular flexibility index (Phi) is 4.04. The molecule has 0 heterocycles. The number of nitrogens with two attached hydrogens (primary N) is 1. The third-order valence-corrected chi connectivity index (χ3v) is 4.51. The quantitative estimate of drug-likeness (QED) is 0.908. The smallest absolute Gasteiger partial charge is 0.165 e. The zero-order valence-corrected chi connectivity index (χ0v) is 12.5. The van der Waals surface area contributed by atoms with Gasteiger partial charge in [-0.05, 0) is 37.8 Å². The molecule has 3 nitrogen and oxygen atoms in total. The van der Waals surface area contributed by atoms with Crippen LogP contribution in [0.2, 0.25) is 0 Å². The third-order valence-electron chi connectivity index (χ3n) is 4.51. The molecule has 1 aliphatic rings. The van der Waals surface area contributed by atoms with Gasteiger partial charge in [-0.15, -0.1) is 0 Å². The molecule has 1 aromatic rings. The monoisotopic (exact) mass is 263 g/mol. The molecule has 1 fully saturated rings. The normalized spacial score (nSPS) is 17.5. The number of hydrogen-bond acceptors (Lipinski definition) is 3. The van der Waals surface area contributed by atoms with E-state index in [0.717, 1.165) is 29.9 Å². The maximum atomic E-state index is 6.13. The summed E-state index contributed by atoms with van der Waals surface area (Å²) in [5.41, 5.74) is 9.84. The van der Waals surface area contributed by atoms with E-state index in [1.165, 1.54) is 24.0 Å². The lowest BCUT2D eigenvalue weighted by atomic mass is 9.75. The summed E-state index contributed by atoms with van der Waals surface area (Å²) in [6.45, 7) is 4.89. The van der Waals surface area contributed by atoms with Crippen LogP contribution in [0.3, 0.4) is 0 Å². The van der Waals surface area contributed by atoms with Crippen molar-refractivity contribution in [3.63, 3.8) is 0 Å². The molecule has 0 atom stereocenters. The van der Waals surface area contributed by atoms with Crippen LogP contribution < -0.4 is 15.2 Å². The molecule has 1 saturated carbocycles. The van der Waals surface area contributed by atoms with Gasteiger partial charge in [0.15, 0.2) is 11.5 Å². The first-order valence-electron chi connectivity index (χ1n) is 7.02. The molecule has 1 aliphatic carbocycles. The van der Waals surface area contributed by atoms with Crippen LogP contribution in [0.15, 0.2) is 6.07 Å². The van der Waals surface area contributed by atoms with Crippen LogP contribution in [0, 0.1) is 13.8 Å². The van der Waals surface area contributed by atoms with Crippen LogP contribution in [-0.4, -0.2) is 20.8 Å². The molecule has 2 N–H and O–H groups in total. The van der Waals surface area contributed by atoms with Gasteiger partial charge in [0.1, 0.15) is 0 Å². The van der Waals surface area contributed by atoms with Crippen LogP contribution in [0.4, 0.5) is 0 Å². The molecule has 3 heteroatoms. The average Bonchev–Trinajstić information content (AvgIpc) is 2.87. The van der Waals surface area contributed by atoms with E-state index in [9.17, 15) is 0 Å². The highest BCUT2D eigenvalue weighted by atomic mass is 16.5. The van der Waals surface area contributed by atoms with Gasteiger partial charge in [0, 0.05) is 17.5 Å². The summed E-state index contributed by atoms with van der Waals surface area (Å²) in [6, 6.07) is 2.19. The fourth-order valence-corrected chi connectivity index (χ4v) is 3.65. The molecule has 2 rings (SSSR count). The van der Waals surface area contributed by atoms with Crippen LogP contribution in [0.25, 0.3) is 0 Å². The van der Waals surface area contributed by atoms with Crippen molar-refractivity contribution < 1.29 is 9.47 Å². The fourth-order valence-electron chi connectivity index (χ4n) is 3.65. The highest BCUT2D eigenvalue weighted by molar-refractivity contribution is 5.58. The van der Waals surface area contributed by atoms with Crippen molar-refractivity contribution in [2.24, 2.45) is 5.73 Å². The average molecular weight is 263 g/mol. The Morgan fingerprint density at radius 3 is 2.11 bits per heavy atom. The molecule has 0 aromatic heterocycles. The van der Waals surface area contributed by atoms with Crippen LogP contribution in [0.1, 0.15) is 42.4 Å². The molecule has 1 aromatic carbocycles. The zero-order valence-electron chi connectivity index (χ0n) is 12.5. The highest BCUT2D eigenvalue weighted by Crippen LogP contribution is 2.49. The molecule has 0 radical (unpaired) electrons. The van der Waals surface area contributed by atoms with Crippen molar-refractivity contribution in [2.45, 2.75) is 44.9 Å². The third kappa shape index (κ3) is 2.20. The molecule has 0 unspecified atom stereocenters. The largest absolute Gasteiger partial charge is 0.493 e. The Morgan fingerprint density at radius 2 is 1.63 bits per heavy atom. The summed E-state index contributed by atoms with van der Waals surface area (Å²) in [6.07, 6.45) is 4.78. The predicted molar refractivity (Wildman–Crippen MR) is 78.2 cm³/mol. The predicted octanol–water partition coefficient (Wildman–Crippen LogP) is 3.09. The maximum Gasteiger partial charge on any atom is 0.165 e. The van der Waals surface area contributed by atoms with Crippen molar-refractivity contribution in [1.29, 1.82) is 0 Å². The van der Waals surface area contributed by atoms with Gasteiger partial charge in [0.2, 0.25) is 0 Å². The van der Waals surface area contributed by atoms with E-state index in [0.29, 0.717) is 6.54 Å². The van der Waals surface area contributed by atoms with E-state index in [4.69, 9.17) is 15.2 Å². The summed E-state index contributed by atoms with van der Waals surface area (Å²) in [4.78, 5) is 0. The molecule has 106 valence electrons. The SMILES string of the molecule is COc1c(C)cc(C)c(C2(CN)CCCC2)c1OC. The summed E-state index contributed by atoms with van der Waals surface area (Å²) >= 11 is 0. The zero-order chi connectivity index (χ0) is 14.0. The minimum absolute atomic E-state index is 0.0659. The van der Waals surface area contributed by atoms with Gasteiger partial charge in [-0.2, -0.15) is 0 Å². The van der Waals surface area contributed by atoms with Crippen LogP contribution in [0.5, 0.6) is 11.5 Å². The van der Waals surface area contributed by atoms with Crippen LogP contribution >= 0.6 is 0 Å². The Balaban J connectivity index is 2.67. The van der Waals surface area contributed by atoms with Crippen molar-refractivity contribution in [1.82, 2.24) is 0 Å². The van der Waals surface area contributed by atoms with Crippen molar-refractivity contribution in [3.8, 4) is 11.5 Å². The summed E-state index contributed by atoms with van der Waals surface area (Å²) in [5.74, 6) is 1.73. The number of aryl methyl sites for hydroxylation is 2. The van der Waals surface area contributed by atoms with E-state index in [2.05, 4.69) is 19.9 Å². The Labute approximate surface area is 116 Å². The van der Waals surface area contributed by atoms with Crippen LogP contribution in [-0.2, 0) is 5.41 Å². The Morgan fingerprint density at radius 1 is 1.05 bits per heavy atom. The molecule has 0 amide bonds. The minimum atomic E-state index is 0.0659. The number of benzene rings is 1. The van der Waals surface area contributed by atoms with Crippen molar-refractivity contribution in [3.05, 3.63) is 22.8 Å². The topological polar surface area (TPSA) is 44.5 Å².